The lowest BCUT2D eigenvalue weighted by atomic mass is 10.0. The summed E-state index contributed by atoms with van der Waals surface area (Å²) in [4.78, 5) is 46.9. The van der Waals surface area contributed by atoms with Crippen molar-refractivity contribution in [3.63, 3.8) is 0 Å². The molecule has 2 N–H and O–H groups in total. The zero-order valence-electron chi connectivity index (χ0n) is 18.6. The van der Waals surface area contributed by atoms with Crippen molar-refractivity contribution in [2.45, 2.75) is 26.3 Å². The highest BCUT2D eigenvalue weighted by Crippen LogP contribution is 2.28. The molecule has 3 aromatic rings. The molecule has 0 aliphatic carbocycles. The van der Waals surface area contributed by atoms with Crippen molar-refractivity contribution < 1.29 is 24.2 Å². The van der Waals surface area contributed by atoms with Crippen LogP contribution in [-0.4, -0.2) is 50.4 Å². The predicted octanol–water partition coefficient (Wildman–Crippen LogP) is 3.61. The van der Waals surface area contributed by atoms with Gasteiger partial charge in [-0.05, 0) is 36.6 Å². The number of amides is 2. The Bertz CT molecular complexity index is 1300. The molecule has 0 saturated carbocycles. The summed E-state index contributed by atoms with van der Waals surface area (Å²) in [6, 6.07) is 14.2. The maximum absolute atomic E-state index is 13.0. The van der Waals surface area contributed by atoms with Crippen molar-refractivity contribution in [2.75, 3.05) is 6.61 Å². The molecule has 1 aromatic heterocycles. The van der Waals surface area contributed by atoms with Crippen LogP contribution in [0.1, 0.15) is 46.8 Å². The number of carbonyl (C=O) groups excluding carboxylic acids is 3. The van der Waals surface area contributed by atoms with Crippen LogP contribution in [0.4, 0.5) is 0 Å². The van der Waals surface area contributed by atoms with Gasteiger partial charge < -0.3 is 14.8 Å². The van der Waals surface area contributed by atoms with Gasteiger partial charge in [0.2, 0.25) is 0 Å². The van der Waals surface area contributed by atoms with Gasteiger partial charge in [0.15, 0.2) is 11.6 Å². The van der Waals surface area contributed by atoms with Gasteiger partial charge in [-0.15, -0.1) is 0 Å². The molecule has 0 spiro atoms. The van der Waals surface area contributed by atoms with Crippen LogP contribution in [0.15, 0.2) is 54.3 Å². The number of aliphatic hydroxyl groups excluding tert-OH is 1. The number of para-hydroxylation sites is 2. The first-order valence-electron chi connectivity index (χ1n) is 10.7. The van der Waals surface area contributed by atoms with Crippen LogP contribution >= 0.6 is 0 Å². The van der Waals surface area contributed by atoms with E-state index in [4.69, 9.17) is 4.74 Å². The largest absolute Gasteiger partial charge is 0.507 e. The first kappa shape index (κ1) is 22.7. The van der Waals surface area contributed by atoms with Crippen molar-refractivity contribution in [2.24, 2.45) is 5.92 Å². The number of aromatic amines is 1. The molecule has 4 rings (SSSR count). The third-order valence-corrected chi connectivity index (χ3v) is 5.48. The minimum Gasteiger partial charge on any atom is -0.507 e. The Labute approximate surface area is 195 Å². The number of H-pyrrole nitrogens is 1. The zero-order valence-corrected chi connectivity index (χ0v) is 18.6. The normalized spacial score (nSPS) is 14.7. The van der Waals surface area contributed by atoms with Crippen LogP contribution < -0.4 is 0 Å². The number of imidazole rings is 1. The second kappa shape index (κ2) is 9.19. The molecular formula is C25H22N4O5. The second-order valence-corrected chi connectivity index (χ2v) is 8.32. The Morgan fingerprint density at radius 2 is 1.74 bits per heavy atom. The highest BCUT2D eigenvalue weighted by atomic mass is 16.5. The molecule has 1 unspecified atom stereocenters. The summed E-state index contributed by atoms with van der Waals surface area (Å²) in [5.41, 5.74) is 1.57. The monoisotopic (exact) mass is 458 g/mol. The first-order valence-corrected chi connectivity index (χ1v) is 10.7. The quantitative estimate of drug-likeness (QED) is 0.239. The Hall–Kier alpha value is -4.45. The van der Waals surface area contributed by atoms with E-state index >= 15 is 0 Å². The molecule has 0 radical (unpaired) electrons. The minimum atomic E-state index is -1.17. The van der Waals surface area contributed by atoms with E-state index in [1.165, 1.54) is 12.1 Å². The van der Waals surface area contributed by atoms with Crippen LogP contribution in [0.3, 0.4) is 0 Å². The van der Waals surface area contributed by atoms with Gasteiger partial charge in [0.25, 0.3) is 11.8 Å². The maximum atomic E-state index is 13.0. The maximum Gasteiger partial charge on any atom is 0.329 e. The van der Waals surface area contributed by atoms with E-state index in [-0.39, 0.29) is 34.9 Å². The lowest BCUT2D eigenvalue weighted by Crippen LogP contribution is -2.46. The summed E-state index contributed by atoms with van der Waals surface area (Å²) >= 11 is 0. The lowest BCUT2D eigenvalue weighted by molar-refractivity contribution is -0.148. The van der Waals surface area contributed by atoms with Crippen molar-refractivity contribution >= 4 is 34.4 Å². The number of esters is 1. The van der Waals surface area contributed by atoms with Crippen molar-refractivity contribution in [1.82, 2.24) is 14.9 Å². The zero-order chi connectivity index (χ0) is 24.4. The predicted molar refractivity (Wildman–Crippen MR) is 122 cm³/mol. The van der Waals surface area contributed by atoms with Gasteiger partial charge in [-0.3, -0.25) is 14.5 Å². The van der Waals surface area contributed by atoms with Gasteiger partial charge in [0.1, 0.15) is 24.3 Å². The molecule has 0 saturated heterocycles. The number of hydrogen-bond acceptors (Lipinski definition) is 7. The van der Waals surface area contributed by atoms with Gasteiger partial charge in [-0.2, -0.15) is 5.26 Å². The Kier molecular flexibility index (Phi) is 6.15. The van der Waals surface area contributed by atoms with Crippen LogP contribution in [0.5, 0.6) is 0 Å². The molecule has 0 bridgehead atoms. The van der Waals surface area contributed by atoms with E-state index in [0.717, 1.165) is 4.90 Å². The molecule has 9 nitrogen and oxygen atoms in total. The molecule has 172 valence electrons. The van der Waals surface area contributed by atoms with Crippen molar-refractivity contribution in [1.29, 1.82) is 5.26 Å². The van der Waals surface area contributed by atoms with Gasteiger partial charge >= 0.3 is 5.97 Å². The molecule has 0 fully saturated rings. The number of aliphatic hydroxyl groups is 1. The third kappa shape index (κ3) is 4.13. The average molecular weight is 458 g/mol. The SMILES string of the molecule is CC(C)CC(C(=O)OC/C(O)=C(\C#N)c1nc2ccccc2[nH]1)N1C(=O)c2ccccc2C1=O. The number of ether oxygens (including phenoxy) is 1. The van der Waals surface area contributed by atoms with Gasteiger partial charge in [0, 0.05) is 0 Å². The van der Waals surface area contributed by atoms with E-state index in [2.05, 4.69) is 9.97 Å². The van der Waals surface area contributed by atoms with Crippen LogP contribution in [-0.2, 0) is 9.53 Å². The summed E-state index contributed by atoms with van der Waals surface area (Å²) in [6.07, 6.45) is 0.184. The highest BCUT2D eigenvalue weighted by Gasteiger charge is 2.43. The fraction of sp³-hybridized carbons (Fsp3) is 0.240. The van der Waals surface area contributed by atoms with E-state index < -0.39 is 36.2 Å². The molecule has 2 amide bonds. The molecule has 1 aliphatic heterocycles. The topological polar surface area (TPSA) is 136 Å². The van der Waals surface area contributed by atoms with Crippen LogP contribution in [0.25, 0.3) is 16.6 Å². The number of nitriles is 1. The first-order chi connectivity index (χ1) is 16.3. The molecular weight excluding hydrogens is 436 g/mol. The summed E-state index contributed by atoms with van der Waals surface area (Å²) < 4.78 is 5.27. The number of nitrogens with one attached hydrogen (secondary N) is 1. The number of nitrogens with zero attached hydrogens (tertiary/aromatic N) is 3. The molecule has 1 atom stereocenters. The molecule has 1 aliphatic rings. The Balaban J connectivity index is 1.56. The molecule has 2 aromatic carbocycles. The van der Waals surface area contributed by atoms with Gasteiger partial charge in [-0.1, -0.05) is 38.1 Å². The Morgan fingerprint density at radius 1 is 1.12 bits per heavy atom. The number of allylic oxidation sites excluding steroid dienone is 1. The molecule has 9 heteroatoms. The van der Waals surface area contributed by atoms with Crippen molar-refractivity contribution in [3.05, 3.63) is 71.2 Å². The van der Waals surface area contributed by atoms with E-state index in [1.54, 1.807) is 36.4 Å². The third-order valence-electron chi connectivity index (χ3n) is 5.48. The van der Waals surface area contributed by atoms with Crippen LogP contribution in [0, 0.1) is 17.2 Å². The number of rotatable bonds is 7. The summed E-state index contributed by atoms with van der Waals surface area (Å²) in [5.74, 6) is -2.38. The smallest absolute Gasteiger partial charge is 0.329 e. The number of carbonyl (C=O) groups is 3. The Morgan fingerprint density at radius 3 is 2.32 bits per heavy atom. The fourth-order valence-corrected chi connectivity index (χ4v) is 3.88. The highest BCUT2D eigenvalue weighted by molar-refractivity contribution is 6.22. The summed E-state index contributed by atoms with van der Waals surface area (Å²) in [7, 11) is 0. The lowest BCUT2D eigenvalue weighted by Gasteiger charge is -2.26. The van der Waals surface area contributed by atoms with E-state index in [9.17, 15) is 24.8 Å². The number of imide groups is 1. The molecule has 2 heterocycles. The molecule has 34 heavy (non-hydrogen) atoms. The second-order valence-electron chi connectivity index (χ2n) is 8.32. The minimum absolute atomic E-state index is 0.0313. The number of fused-ring (bicyclic) bond motifs is 2. The van der Waals surface area contributed by atoms with Gasteiger partial charge in [0.05, 0.1) is 22.2 Å². The summed E-state index contributed by atoms with van der Waals surface area (Å²) in [6.45, 7) is 3.09. The number of aromatic nitrogens is 2. The van der Waals surface area contributed by atoms with Gasteiger partial charge in [-0.25, -0.2) is 9.78 Å². The van der Waals surface area contributed by atoms with Crippen LogP contribution in [0.2, 0.25) is 0 Å². The fourth-order valence-electron chi connectivity index (χ4n) is 3.88. The average Bonchev–Trinajstić information content (AvgIpc) is 3.35. The number of benzene rings is 2. The summed E-state index contributed by atoms with van der Waals surface area (Å²) in [5, 5.41) is 20.0. The van der Waals surface area contributed by atoms with E-state index in [1.807, 2.05) is 19.9 Å². The number of hydrogen-bond donors (Lipinski definition) is 2. The standard InChI is InChI=1S/C25H22N4O5/c1-14(2)11-20(29-23(31)15-7-3-4-8-16(15)24(29)32)25(33)34-13-21(30)17(12-26)22-27-18-9-5-6-10-19(18)28-22/h3-10,14,20,30H,11,13H2,1-2H3,(H,27,28)/b21-17-. The van der Waals surface area contributed by atoms with E-state index in [0.29, 0.717) is 11.0 Å². The van der Waals surface area contributed by atoms with Crippen molar-refractivity contribution in [3.8, 4) is 6.07 Å².